The summed E-state index contributed by atoms with van der Waals surface area (Å²) in [7, 11) is 1.97. The van der Waals surface area contributed by atoms with Crippen molar-refractivity contribution in [1.82, 2.24) is 9.80 Å². The third-order valence-corrected chi connectivity index (χ3v) is 5.26. The quantitative estimate of drug-likeness (QED) is 0.539. The van der Waals surface area contributed by atoms with Crippen LogP contribution in [0.1, 0.15) is 13.8 Å². The maximum absolute atomic E-state index is 12.1. The number of carbonyl (C=O) groups excluding carboxylic acids is 1. The molecule has 0 aromatic rings. The lowest BCUT2D eigenvalue weighted by atomic mass is 10.4. The second kappa shape index (κ2) is 4.43. The van der Waals surface area contributed by atoms with Crippen LogP contribution in [0.5, 0.6) is 0 Å². The molecule has 3 nitrogen and oxygen atoms in total. The van der Waals surface area contributed by atoms with Gasteiger partial charge in [-0.15, -0.1) is 0 Å². The molecule has 0 atom stereocenters. The molecule has 16 heavy (non-hydrogen) atoms. The molecule has 1 saturated heterocycles. The van der Waals surface area contributed by atoms with Gasteiger partial charge in [-0.2, -0.15) is 0 Å². The summed E-state index contributed by atoms with van der Waals surface area (Å²) in [6, 6.07) is 0. The topological polar surface area (TPSA) is 23.6 Å². The molecule has 2 aliphatic rings. The highest BCUT2D eigenvalue weighted by Gasteiger charge is 2.35. The SMILES string of the molecule is CCN1C(=O)/C(=C2\SC=C(C)N2C)SC1=S. The Bertz CT molecular complexity index is 428. The molecule has 0 unspecified atom stereocenters. The molecule has 0 aromatic carbocycles. The van der Waals surface area contributed by atoms with Gasteiger partial charge < -0.3 is 4.90 Å². The number of thiocarbonyl (C=S) groups is 1. The van der Waals surface area contributed by atoms with Crippen LogP contribution in [0.4, 0.5) is 0 Å². The third-order valence-electron chi connectivity index (χ3n) is 2.53. The first-order valence-corrected chi connectivity index (χ1v) is 7.01. The van der Waals surface area contributed by atoms with Gasteiger partial charge in [0.1, 0.15) is 9.23 Å². The van der Waals surface area contributed by atoms with E-state index in [1.165, 1.54) is 11.8 Å². The van der Waals surface area contributed by atoms with Crippen LogP contribution in [0.15, 0.2) is 21.0 Å². The van der Waals surface area contributed by atoms with Gasteiger partial charge in [-0.3, -0.25) is 9.69 Å². The fraction of sp³-hybridized carbons (Fsp3) is 0.400. The van der Waals surface area contributed by atoms with Crippen LogP contribution in [0.2, 0.25) is 0 Å². The van der Waals surface area contributed by atoms with Gasteiger partial charge in [0.05, 0.1) is 5.03 Å². The largest absolute Gasteiger partial charge is 0.341 e. The van der Waals surface area contributed by atoms with Gasteiger partial charge in [0.15, 0.2) is 0 Å². The van der Waals surface area contributed by atoms with Crippen molar-refractivity contribution in [3.8, 4) is 0 Å². The van der Waals surface area contributed by atoms with Gasteiger partial charge in [-0.05, 0) is 19.3 Å². The number of carbonyl (C=O) groups is 1. The smallest absolute Gasteiger partial charge is 0.268 e. The average molecular weight is 272 g/mol. The lowest BCUT2D eigenvalue weighted by molar-refractivity contribution is -0.122. The second-order valence-corrected chi connectivity index (χ2v) is 5.99. The molecule has 0 spiro atoms. The van der Waals surface area contributed by atoms with Crippen molar-refractivity contribution in [3.63, 3.8) is 0 Å². The van der Waals surface area contributed by atoms with E-state index < -0.39 is 0 Å². The monoisotopic (exact) mass is 272 g/mol. The first-order valence-electron chi connectivity index (χ1n) is 4.91. The Hall–Kier alpha value is -0.460. The highest BCUT2D eigenvalue weighted by molar-refractivity contribution is 8.27. The molecule has 0 aromatic heterocycles. The van der Waals surface area contributed by atoms with Gasteiger partial charge >= 0.3 is 0 Å². The van der Waals surface area contributed by atoms with Crippen molar-refractivity contribution >= 4 is 46.0 Å². The number of hydrogen-bond donors (Lipinski definition) is 0. The molecular weight excluding hydrogens is 260 g/mol. The van der Waals surface area contributed by atoms with E-state index >= 15 is 0 Å². The van der Waals surface area contributed by atoms with Gasteiger partial charge in [0, 0.05) is 19.3 Å². The van der Waals surface area contributed by atoms with Crippen LogP contribution in [0.25, 0.3) is 0 Å². The van der Waals surface area contributed by atoms with Crippen LogP contribution in [-0.4, -0.2) is 33.6 Å². The minimum Gasteiger partial charge on any atom is -0.341 e. The summed E-state index contributed by atoms with van der Waals surface area (Å²) < 4.78 is 0.661. The Labute approximate surface area is 109 Å². The van der Waals surface area contributed by atoms with Gasteiger partial charge in [0.2, 0.25) is 0 Å². The standard InChI is InChI=1S/C10H12N2OS3/c1-4-12-8(13)7(16-10(12)14)9-11(3)6(2)5-15-9/h5H,4H2,1-3H3/b9-7+. The highest BCUT2D eigenvalue weighted by atomic mass is 32.2. The lowest BCUT2D eigenvalue weighted by Gasteiger charge is -2.16. The molecule has 2 aliphatic heterocycles. The van der Waals surface area contributed by atoms with E-state index in [9.17, 15) is 4.79 Å². The number of allylic oxidation sites excluding steroid dienone is 1. The maximum Gasteiger partial charge on any atom is 0.268 e. The molecule has 0 radical (unpaired) electrons. The third kappa shape index (κ3) is 1.78. The van der Waals surface area contributed by atoms with Crippen LogP contribution in [-0.2, 0) is 4.79 Å². The van der Waals surface area contributed by atoms with E-state index in [0.717, 1.165) is 15.6 Å². The van der Waals surface area contributed by atoms with E-state index in [2.05, 4.69) is 0 Å². The minimum absolute atomic E-state index is 0.0370. The van der Waals surface area contributed by atoms with E-state index in [-0.39, 0.29) is 5.91 Å². The Morgan fingerprint density at radius 2 is 2.19 bits per heavy atom. The number of hydrogen-bond acceptors (Lipinski definition) is 5. The molecule has 0 aliphatic carbocycles. The summed E-state index contributed by atoms with van der Waals surface area (Å²) in [5.41, 5.74) is 1.15. The second-order valence-electron chi connectivity index (χ2n) is 3.49. The fourth-order valence-corrected chi connectivity index (χ4v) is 4.05. The molecule has 0 bridgehead atoms. The first kappa shape index (κ1) is 12.0. The number of amides is 1. The van der Waals surface area contributed by atoms with E-state index in [0.29, 0.717) is 10.9 Å². The molecule has 2 heterocycles. The van der Waals surface area contributed by atoms with Crippen LogP contribution < -0.4 is 0 Å². The van der Waals surface area contributed by atoms with E-state index in [4.69, 9.17) is 12.2 Å². The summed E-state index contributed by atoms with van der Waals surface area (Å²) in [5.74, 6) is 0.0370. The van der Waals surface area contributed by atoms with Crippen molar-refractivity contribution < 1.29 is 4.79 Å². The Kier molecular flexibility index (Phi) is 3.32. The number of likely N-dealkylation sites (N-methyl/N-ethyl adjacent to an activating group) is 1. The van der Waals surface area contributed by atoms with Gasteiger partial charge in [0.25, 0.3) is 5.91 Å². The fourth-order valence-electron chi connectivity index (χ4n) is 1.46. The lowest BCUT2D eigenvalue weighted by Crippen LogP contribution is -2.28. The van der Waals surface area contributed by atoms with Gasteiger partial charge in [-0.1, -0.05) is 35.7 Å². The van der Waals surface area contributed by atoms with Crippen molar-refractivity contribution in [1.29, 1.82) is 0 Å². The summed E-state index contributed by atoms with van der Waals surface area (Å²) in [5, 5.41) is 3.04. The zero-order valence-corrected chi connectivity index (χ0v) is 11.8. The molecule has 6 heteroatoms. The summed E-state index contributed by atoms with van der Waals surface area (Å²) >= 11 is 8.18. The number of nitrogens with zero attached hydrogens (tertiary/aromatic N) is 2. The predicted octanol–water partition coefficient (Wildman–Crippen LogP) is 2.58. The van der Waals surface area contributed by atoms with Crippen LogP contribution in [0, 0.1) is 0 Å². The van der Waals surface area contributed by atoms with Crippen LogP contribution >= 0.6 is 35.7 Å². The molecular formula is C10H12N2OS3. The molecule has 0 saturated carbocycles. The van der Waals surface area contributed by atoms with Crippen molar-refractivity contribution in [2.24, 2.45) is 0 Å². The summed E-state index contributed by atoms with van der Waals surface area (Å²) in [6.45, 7) is 4.61. The summed E-state index contributed by atoms with van der Waals surface area (Å²) in [4.78, 5) is 16.5. The first-order chi connectivity index (χ1) is 7.56. The maximum atomic E-state index is 12.1. The van der Waals surface area contributed by atoms with Crippen molar-refractivity contribution in [3.05, 3.63) is 21.0 Å². The normalized spacial score (nSPS) is 25.8. The van der Waals surface area contributed by atoms with Crippen LogP contribution in [0.3, 0.4) is 0 Å². The molecule has 86 valence electrons. The predicted molar refractivity (Wildman–Crippen MR) is 73.7 cm³/mol. The average Bonchev–Trinajstić information content (AvgIpc) is 2.70. The van der Waals surface area contributed by atoms with Gasteiger partial charge in [-0.25, -0.2) is 0 Å². The Morgan fingerprint density at radius 1 is 1.50 bits per heavy atom. The minimum atomic E-state index is 0.0370. The highest BCUT2D eigenvalue weighted by Crippen LogP contribution is 2.42. The number of rotatable bonds is 1. The zero-order chi connectivity index (χ0) is 11.9. The molecule has 2 rings (SSSR count). The zero-order valence-electron chi connectivity index (χ0n) is 9.31. The Morgan fingerprint density at radius 3 is 2.62 bits per heavy atom. The number of thioether (sulfide) groups is 2. The summed E-state index contributed by atoms with van der Waals surface area (Å²) in [6.07, 6.45) is 0. The molecule has 1 fully saturated rings. The molecule has 1 amide bonds. The van der Waals surface area contributed by atoms with Crippen molar-refractivity contribution in [2.75, 3.05) is 13.6 Å². The molecule has 0 N–H and O–H groups in total. The van der Waals surface area contributed by atoms with Crippen molar-refractivity contribution in [2.45, 2.75) is 13.8 Å². The van der Waals surface area contributed by atoms with E-state index in [1.807, 2.05) is 31.2 Å². The Balaban J connectivity index is 2.34. The van der Waals surface area contributed by atoms with E-state index in [1.54, 1.807) is 16.7 Å².